The minimum absolute atomic E-state index is 0.162. The number of nitrogens with one attached hydrogen (secondary N) is 1. The Hall–Kier alpha value is -0.620. The van der Waals surface area contributed by atoms with Crippen molar-refractivity contribution in [3.63, 3.8) is 0 Å². The van der Waals surface area contributed by atoms with Crippen LogP contribution in [0.1, 0.15) is 6.92 Å². The van der Waals surface area contributed by atoms with Crippen LogP contribution in [0, 0.1) is 0 Å². The fraction of sp³-hybridized carbons (Fsp3) is 0.500. The van der Waals surface area contributed by atoms with Crippen molar-refractivity contribution in [2.24, 2.45) is 11.5 Å². The van der Waals surface area contributed by atoms with E-state index in [1.165, 1.54) is 5.01 Å². The molecule has 0 aliphatic rings. The van der Waals surface area contributed by atoms with Gasteiger partial charge in [-0.2, -0.15) is 0 Å². The van der Waals surface area contributed by atoms with Crippen LogP contribution >= 0.6 is 24.4 Å². The Balaban J connectivity index is 3.83. The molecule has 0 fully saturated rings. The Morgan fingerprint density at radius 2 is 2.00 bits per heavy atom. The Morgan fingerprint density at radius 3 is 2.10 bits per heavy atom. The molecule has 0 spiro atoms. The number of nitrogens with two attached hydrogens (primary N) is 2. The van der Waals surface area contributed by atoms with Gasteiger partial charge in [-0.3, -0.25) is 10.4 Å². The van der Waals surface area contributed by atoms with Crippen LogP contribution in [0.3, 0.4) is 0 Å². The summed E-state index contributed by atoms with van der Waals surface area (Å²) in [6.45, 7) is 2.51. The largest absolute Gasteiger partial charge is 0.375 e. The van der Waals surface area contributed by atoms with Crippen molar-refractivity contribution in [1.82, 2.24) is 10.4 Å². The van der Waals surface area contributed by atoms with Crippen molar-refractivity contribution in [2.75, 3.05) is 6.54 Å². The van der Waals surface area contributed by atoms with Crippen LogP contribution in [-0.2, 0) is 0 Å². The van der Waals surface area contributed by atoms with E-state index in [9.17, 15) is 0 Å². The first kappa shape index (κ1) is 9.38. The van der Waals surface area contributed by atoms with Gasteiger partial charge in [0.2, 0.25) is 0 Å². The lowest BCUT2D eigenvalue weighted by molar-refractivity contribution is 0.401. The fourth-order valence-corrected chi connectivity index (χ4v) is 0.708. The van der Waals surface area contributed by atoms with Gasteiger partial charge < -0.3 is 11.5 Å². The second-order valence-electron chi connectivity index (χ2n) is 1.56. The van der Waals surface area contributed by atoms with E-state index in [4.69, 9.17) is 11.5 Å². The summed E-state index contributed by atoms with van der Waals surface area (Å²) in [4.78, 5) is 0. The predicted molar refractivity (Wildman–Crippen MR) is 49.1 cm³/mol. The van der Waals surface area contributed by atoms with Crippen LogP contribution in [0.4, 0.5) is 0 Å². The summed E-state index contributed by atoms with van der Waals surface area (Å²) in [5.41, 5.74) is 13.1. The maximum Gasteiger partial charge on any atom is 0.185 e. The Bertz CT molecular complexity index is 146. The van der Waals surface area contributed by atoms with Crippen LogP contribution < -0.4 is 16.9 Å². The first-order valence-corrected chi connectivity index (χ1v) is 3.52. The minimum atomic E-state index is 0.162. The van der Waals surface area contributed by atoms with Crippen LogP contribution in [-0.4, -0.2) is 21.8 Å². The van der Waals surface area contributed by atoms with E-state index in [1.807, 2.05) is 6.92 Å². The average Bonchev–Trinajstić information content (AvgIpc) is 1.81. The fourth-order valence-electron chi connectivity index (χ4n) is 0.423. The summed E-state index contributed by atoms with van der Waals surface area (Å²) in [5.74, 6) is 0. The molecule has 0 saturated heterocycles. The maximum absolute atomic E-state index is 5.28. The van der Waals surface area contributed by atoms with E-state index in [1.54, 1.807) is 0 Å². The van der Waals surface area contributed by atoms with Gasteiger partial charge in [0.1, 0.15) is 0 Å². The molecule has 0 bridgehead atoms. The monoisotopic (exact) mass is 178 g/mol. The van der Waals surface area contributed by atoms with Crippen molar-refractivity contribution < 1.29 is 0 Å². The first-order chi connectivity index (χ1) is 4.57. The molecule has 0 aliphatic carbocycles. The van der Waals surface area contributed by atoms with Crippen molar-refractivity contribution >= 4 is 34.7 Å². The van der Waals surface area contributed by atoms with E-state index >= 15 is 0 Å². The highest BCUT2D eigenvalue weighted by Gasteiger charge is 2.00. The zero-order valence-corrected chi connectivity index (χ0v) is 7.26. The normalized spacial score (nSPS) is 8.50. The van der Waals surface area contributed by atoms with Gasteiger partial charge in [-0.15, -0.1) is 0 Å². The number of hydrogen-bond donors (Lipinski definition) is 3. The van der Waals surface area contributed by atoms with Crippen LogP contribution in [0.5, 0.6) is 0 Å². The van der Waals surface area contributed by atoms with Gasteiger partial charge >= 0.3 is 0 Å². The third kappa shape index (κ3) is 3.41. The molecule has 0 atom stereocenters. The molecule has 0 unspecified atom stereocenters. The smallest absolute Gasteiger partial charge is 0.185 e. The Morgan fingerprint density at radius 1 is 1.50 bits per heavy atom. The second kappa shape index (κ2) is 4.24. The molecule has 0 rings (SSSR count). The molecular formula is C4H10N4S2. The average molecular weight is 178 g/mol. The number of nitrogens with zero attached hydrogens (tertiary/aromatic N) is 1. The highest BCUT2D eigenvalue weighted by Crippen LogP contribution is 1.79. The molecule has 0 aromatic rings. The highest BCUT2D eigenvalue weighted by molar-refractivity contribution is 7.80. The molecule has 5 N–H and O–H groups in total. The molecule has 0 aliphatic heterocycles. The summed E-state index contributed by atoms with van der Waals surface area (Å²) < 4.78 is 0. The summed E-state index contributed by atoms with van der Waals surface area (Å²) in [7, 11) is 0. The molecular weight excluding hydrogens is 168 g/mol. The van der Waals surface area contributed by atoms with Crippen LogP contribution in [0.15, 0.2) is 0 Å². The van der Waals surface area contributed by atoms with E-state index in [0.717, 1.165) is 0 Å². The van der Waals surface area contributed by atoms with Crippen molar-refractivity contribution in [3.05, 3.63) is 0 Å². The Kier molecular flexibility index (Phi) is 3.97. The molecule has 4 nitrogen and oxygen atoms in total. The molecule has 10 heavy (non-hydrogen) atoms. The number of hydrogen-bond acceptors (Lipinski definition) is 2. The molecule has 0 saturated carbocycles. The third-order valence-corrected chi connectivity index (χ3v) is 1.14. The molecule has 0 aromatic heterocycles. The lowest BCUT2D eigenvalue weighted by Gasteiger charge is -2.20. The molecule has 0 heterocycles. The zero-order valence-electron chi connectivity index (χ0n) is 5.63. The van der Waals surface area contributed by atoms with E-state index < -0.39 is 0 Å². The van der Waals surface area contributed by atoms with Gasteiger partial charge in [0.05, 0.1) is 0 Å². The van der Waals surface area contributed by atoms with E-state index in [2.05, 4.69) is 29.9 Å². The maximum atomic E-state index is 5.28. The van der Waals surface area contributed by atoms with Crippen molar-refractivity contribution in [1.29, 1.82) is 0 Å². The predicted octanol–water partition coefficient (Wildman–Crippen LogP) is -0.700. The molecule has 58 valence electrons. The van der Waals surface area contributed by atoms with Gasteiger partial charge in [-0.05, 0) is 31.4 Å². The summed E-state index contributed by atoms with van der Waals surface area (Å²) in [6.07, 6.45) is 0. The molecule has 6 heteroatoms. The quantitative estimate of drug-likeness (QED) is 0.364. The summed E-state index contributed by atoms with van der Waals surface area (Å²) >= 11 is 9.23. The highest BCUT2D eigenvalue weighted by atomic mass is 32.1. The first-order valence-electron chi connectivity index (χ1n) is 2.71. The topological polar surface area (TPSA) is 67.3 Å². The van der Waals surface area contributed by atoms with Gasteiger partial charge in [0, 0.05) is 6.54 Å². The lowest BCUT2D eigenvalue weighted by atomic mass is 10.7. The second-order valence-corrected chi connectivity index (χ2v) is 2.42. The summed E-state index contributed by atoms with van der Waals surface area (Å²) in [6, 6.07) is 0. The molecule has 0 aromatic carbocycles. The SMILES string of the molecule is CCN(NC(N)=S)C(N)=S. The van der Waals surface area contributed by atoms with Gasteiger partial charge in [-0.1, -0.05) is 0 Å². The standard InChI is InChI=1S/C4H10N4S2/c1-2-8(4(6)10)7-3(5)9/h2H2,1H3,(H2,6,10)(H3,5,7,9). The number of hydrazine groups is 1. The van der Waals surface area contributed by atoms with E-state index in [0.29, 0.717) is 6.54 Å². The van der Waals surface area contributed by atoms with Gasteiger partial charge in [0.15, 0.2) is 10.2 Å². The zero-order chi connectivity index (χ0) is 8.15. The minimum Gasteiger partial charge on any atom is -0.375 e. The van der Waals surface area contributed by atoms with Gasteiger partial charge in [0.25, 0.3) is 0 Å². The van der Waals surface area contributed by atoms with Crippen molar-refractivity contribution in [2.45, 2.75) is 6.92 Å². The third-order valence-electron chi connectivity index (χ3n) is 0.827. The molecule has 0 amide bonds. The van der Waals surface area contributed by atoms with Crippen molar-refractivity contribution in [3.8, 4) is 0 Å². The van der Waals surface area contributed by atoms with E-state index in [-0.39, 0.29) is 10.2 Å². The summed E-state index contributed by atoms with van der Waals surface area (Å²) in [5, 5.41) is 1.88. The van der Waals surface area contributed by atoms with Gasteiger partial charge in [-0.25, -0.2) is 0 Å². The Labute approximate surface area is 70.5 Å². The van der Waals surface area contributed by atoms with Crippen LogP contribution in [0.2, 0.25) is 0 Å². The number of thiocarbonyl (C=S) groups is 2. The number of rotatable bonds is 1. The lowest BCUT2D eigenvalue weighted by Crippen LogP contribution is -2.50. The van der Waals surface area contributed by atoms with Crippen LogP contribution in [0.25, 0.3) is 0 Å². The molecule has 0 radical (unpaired) electrons.